The molecule has 0 aliphatic rings. The van der Waals surface area contributed by atoms with Gasteiger partial charge in [-0.2, -0.15) is 5.10 Å². The van der Waals surface area contributed by atoms with E-state index in [9.17, 15) is 18.7 Å². The van der Waals surface area contributed by atoms with Crippen LogP contribution in [0.5, 0.6) is 0 Å². The van der Waals surface area contributed by atoms with Gasteiger partial charge < -0.3 is 9.84 Å². The molecule has 0 aliphatic heterocycles. The lowest BCUT2D eigenvalue weighted by Gasteiger charge is -2.33. The third-order valence-electron chi connectivity index (χ3n) is 6.29. The maximum atomic E-state index is 14.9. The molecule has 0 fully saturated rings. The summed E-state index contributed by atoms with van der Waals surface area (Å²) in [6, 6.07) is 10.7. The lowest BCUT2D eigenvalue weighted by molar-refractivity contribution is -0.0112. The Hall–Kier alpha value is -3.87. The van der Waals surface area contributed by atoms with E-state index in [2.05, 4.69) is 15.1 Å². The van der Waals surface area contributed by atoms with E-state index >= 15 is 0 Å². The number of aliphatic hydroxyl groups is 1. The summed E-state index contributed by atoms with van der Waals surface area (Å²) in [4.78, 5) is 24.9. The van der Waals surface area contributed by atoms with Crippen LogP contribution >= 0.6 is 22.7 Å². The summed E-state index contributed by atoms with van der Waals surface area (Å²) in [5, 5.41) is 20.7. The number of hydrogen-bond donors (Lipinski definition) is 1. The first-order chi connectivity index (χ1) is 18.8. The fourth-order valence-corrected chi connectivity index (χ4v) is 5.94. The molecule has 8 nitrogen and oxygen atoms in total. The van der Waals surface area contributed by atoms with Crippen molar-refractivity contribution in [2.24, 2.45) is 0 Å². The van der Waals surface area contributed by atoms with Crippen LogP contribution in [0, 0.1) is 11.6 Å². The minimum Gasteiger partial charge on any atom is -0.461 e. The standard InChI is InChI=1S/C27H23F2N5O3S2/c1-3-37-26(35)23-12-39-25(33-23)18-6-4-17(5-7-18)22-11-38-24(32-22)16(2)27(36,13-34-15-30-14-31-34)20-9-8-19(28)10-21(20)29/h4-12,14-16,36H,3,13H2,1-2H3/t16-,27+/m0/s1. The zero-order valence-corrected chi connectivity index (χ0v) is 22.5. The first-order valence-electron chi connectivity index (χ1n) is 12.0. The smallest absolute Gasteiger partial charge is 0.357 e. The molecule has 0 saturated carbocycles. The summed E-state index contributed by atoms with van der Waals surface area (Å²) in [6.45, 7) is 3.66. The Bertz CT molecular complexity index is 1590. The highest BCUT2D eigenvalue weighted by atomic mass is 32.1. The van der Waals surface area contributed by atoms with Gasteiger partial charge in [-0.15, -0.1) is 22.7 Å². The third kappa shape index (κ3) is 5.49. The number of nitrogens with zero attached hydrogens (tertiary/aromatic N) is 5. The molecule has 39 heavy (non-hydrogen) atoms. The molecule has 200 valence electrons. The van der Waals surface area contributed by atoms with Crippen LogP contribution in [0.4, 0.5) is 8.78 Å². The van der Waals surface area contributed by atoms with Crippen molar-refractivity contribution in [3.63, 3.8) is 0 Å². The molecule has 0 amide bonds. The Labute approximate surface area is 230 Å². The van der Waals surface area contributed by atoms with Gasteiger partial charge in [-0.3, -0.25) is 0 Å². The van der Waals surface area contributed by atoms with Crippen LogP contribution in [0.2, 0.25) is 0 Å². The predicted molar refractivity (Wildman–Crippen MR) is 143 cm³/mol. The lowest BCUT2D eigenvalue weighted by atomic mass is 9.82. The molecule has 0 spiro atoms. The van der Waals surface area contributed by atoms with Crippen LogP contribution < -0.4 is 0 Å². The van der Waals surface area contributed by atoms with Crippen LogP contribution in [0.1, 0.15) is 40.8 Å². The predicted octanol–water partition coefficient (Wildman–Crippen LogP) is 5.67. The van der Waals surface area contributed by atoms with Crippen molar-refractivity contribution in [2.45, 2.75) is 31.9 Å². The summed E-state index contributed by atoms with van der Waals surface area (Å²) in [5.74, 6) is -2.71. The first kappa shape index (κ1) is 26.7. The van der Waals surface area contributed by atoms with Gasteiger partial charge in [0.2, 0.25) is 0 Å². The molecule has 5 aromatic rings. The molecule has 0 saturated heterocycles. The van der Waals surface area contributed by atoms with Gasteiger partial charge in [0.05, 0.1) is 23.9 Å². The lowest BCUT2D eigenvalue weighted by Crippen LogP contribution is -2.38. The molecule has 5 rings (SSSR count). The minimum absolute atomic E-state index is 0.0568. The number of halogens is 2. The molecule has 0 bridgehead atoms. The van der Waals surface area contributed by atoms with Crippen molar-refractivity contribution in [3.8, 4) is 21.8 Å². The molecule has 12 heteroatoms. The number of ether oxygens (including phenoxy) is 1. The SMILES string of the molecule is CCOC(=O)c1csc(-c2ccc(-c3csc([C@H](C)[C@](O)(Cn4cncn4)c4ccc(F)cc4F)n3)cc2)n1. The summed E-state index contributed by atoms with van der Waals surface area (Å²) < 4.78 is 34.9. The molecule has 0 aliphatic carbocycles. The fourth-order valence-electron chi connectivity index (χ4n) is 4.17. The van der Waals surface area contributed by atoms with Crippen molar-refractivity contribution in [3.05, 3.63) is 93.8 Å². The van der Waals surface area contributed by atoms with Gasteiger partial charge >= 0.3 is 5.97 Å². The number of rotatable bonds is 9. The zero-order valence-electron chi connectivity index (χ0n) is 20.9. The van der Waals surface area contributed by atoms with Gasteiger partial charge in [-0.1, -0.05) is 37.3 Å². The second-order valence-corrected chi connectivity index (χ2v) is 10.5. The van der Waals surface area contributed by atoms with Crippen LogP contribution in [-0.4, -0.2) is 42.4 Å². The number of carbonyl (C=O) groups is 1. The molecule has 3 heterocycles. The van der Waals surface area contributed by atoms with Crippen LogP contribution in [-0.2, 0) is 16.9 Å². The topological polar surface area (TPSA) is 103 Å². The second kappa shape index (κ2) is 11.1. The Morgan fingerprint density at radius 2 is 1.87 bits per heavy atom. The van der Waals surface area contributed by atoms with E-state index in [1.165, 1.54) is 46.1 Å². The average molecular weight is 568 g/mol. The van der Waals surface area contributed by atoms with Crippen molar-refractivity contribution < 1.29 is 23.4 Å². The molecule has 1 N–H and O–H groups in total. The average Bonchev–Trinajstić information content (AvgIpc) is 3.71. The monoisotopic (exact) mass is 567 g/mol. The molecule has 0 radical (unpaired) electrons. The van der Waals surface area contributed by atoms with E-state index < -0.39 is 29.1 Å². The van der Waals surface area contributed by atoms with Gasteiger partial charge in [0, 0.05) is 39.4 Å². The maximum Gasteiger partial charge on any atom is 0.357 e. The number of carbonyl (C=O) groups excluding carboxylic acids is 1. The third-order valence-corrected chi connectivity index (χ3v) is 8.21. The highest BCUT2D eigenvalue weighted by molar-refractivity contribution is 7.13. The minimum atomic E-state index is -1.79. The molecule has 0 unspecified atom stereocenters. The van der Waals surface area contributed by atoms with E-state index in [1.54, 1.807) is 19.2 Å². The van der Waals surface area contributed by atoms with Crippen molar-refractivity contribution in [2.75, 3.05) is 6.61 Å². The highest BCUT2D eigenvalue weighted by Crippen LogP contribution is 2.41. The summed E-state index contributed by atoms with van der Waals surface area (Å²) in [6.07, 6.45) is 2.74. The first-order valence-corrected chi connectivity index (χ1v) is 13.7. The number of hydrogen-bond acceptors (Lipinski definition) is 9. The second-order valence-electron chi connectivity index (χ2n) is 8.77. The van der Waals surface area contributed by atoms with Crippen LogP contribution in [0.3, 0.4) is 0 Å². The molecule has 2 atom stereocenters. The number of esters is 1. The van der Waals surface area contributed by atoms with Crippen LogP contribution in [0.25, 0.3) is 21.8 Å². The Morgan fingerprint density at radius 1 is 1.10 bits per heavy atom. The summed E-state index contributed by atoms with van der Waals surface area (Å²) >= 11 is 2.68. The Morgan fingerprint density at radius 3 is 2.56 bits per heavy atom. The normalized spacial score (nSPS) is 13.7. The van der Waals surface area contributed by atoms with Crippen molar-refractivity contribution in [1.29, 1.82) is 0 Å². The molecule has 2 aromatic carbocycles. The number of benzene rings is 2. The molecule has 3 aromatic heterocycles. The van der Waals surface area contributed by atoms with Gasteiger partial charge in [0.25, 0.3) is 0 Å². The fraction of sp³-hybridized carbons (Fsp3) is 0.222. The maximum absolute atomic E-state index is 14.9. The largest absolute Gasteiger partial charge is 0.461 e. The van der Waals surface area contributed by atoms with Crippen molar-refractivity contribution in [1.82, 2.24) is 24.7 Å². The number of thiazole rings is 2. The Kier molecular flexibility index (Phi) is 7.60. The van der Waals surface area contributed by atoms with E-state index in [0.29, 0.717) is 15.7 Å². The van der Waals surface area contributed by atoms with E-state index in [0.717, 1.165) is 23.3 Å². The molecular formula is C27H23F2N5O3S2. The quantitative estimate of drug-likeness (QED) is 0.229. The Balaban J connectivity index is 1.41. The van der Waals surface area contributed by atoms with Crippen LogP contribution in [0.15, 0.2) is 65.9 Å². The van der Waals surface area contributed by atoms with E-state index in [1.807, 2.05) is 29.6 Å². The van der Waals surface area contributed by atoms with Gasteiger partial charge in [-0.05, 0) is 13.0 Å². The van der Waals surface area contributed by atoms with E-state index in [4.69, 9.17) is 9.72 Å². The highest BCUT2D eigenvalue weighted by Gasteiger charge is 2.41. The van der Waals surface area contributed by atoms with E-state index in [-0.39, 0.29) is 24.4 Å². The zero-order chi connectivity index (χ0) is 27.6. The molecular weight excluding hydrogens is 544 g/mol. The van der Waals surface area contributed by atoms with Gasteiger partial charge in [0.15, 0.2) is 5.69 Å². The summed E-state index contributed by atoms with van der Waals surface area (Å²) in [5.41, 5.74) is 0.794. The number of aromatic nitrogens is 5. The summed E-state index contributed by atoms with van der Waals surface area (Å²) in [7, 11) is 0. The van der Waals surface area contributed by atoms with Crippen molar-refractivity contribution >= 4 is 28.6 Å². The van der Waals surface area contributed by atoms with Gasteiger partial charge in [0.1, 0.15) is 34.9 Å². The van der Waals surface area contributed by atoms with Gasteiger partial charge in [-0.25, -0.2) is 33.2 Å².